The molecule has 0 saturated carbocycles. The number of amides is 1. The molecule has 0 spiro atoms. The molecule has 13 heavy (non-hydrogen) atoms. The Morgan fingerprint density at radius 3 is 2.92 bits per heavy atom. The predicted octanol–water partition coefficient (Wildman–Crippen LogP) is 0.305. The van der Waals surface area contributed by atoms with Crippen molar-refractivity contribution in [2.75, 3.05) is 6.61 Å². The third kappa shape index (κ3) is 4.19. The van der Waals surface area contributed by atoms with Gasteiger partial charge in [-0.1, -0.05) is 0 Å². The Morgan fingerprint density at radius 2 is 2.38 bits per heavy atom. The first kappa shape index (κ1) is 10.4. The second-order valence-corrected chi connectivity index (χ2v) is 3.54. The van der Waals surface area contributed by atoms with Gasteiger partial charge >= 0.3 is 0 Å². The fraction of sp³-hybridized carbons (Fsp3) is 0.750. The van der Waals surface area contributed by atoms with Gasteiger partial charge in [-0.05, 0) is 31.5 Å². The first-order chi connectivity index (χ1) is 6.18. The molecule has 0 aromatic heterocycles. The topological polar surface area (TPSA) is 64.3 Å². The summed E-state index contributed by atoms with van der Waals surface area (Å²) in [5.74, 6) is -0.153. The van der Waals surface area contributed by atoms with Crippen molar-refractivity contribution >= 4 is 23.2 Å². The van der Waals surface area contributed by atoms with Crippen LogP contribution in [0.3, 0.4) is 0 Å². The number of nitrogens with one attached hydrogen (secondary N) is 1. The molecule has 1 heterocycles. The number of ether oxygens (including phenoxy) is 1. The zero-order valence-electron chi connectivity index (χ0n) is 7.41. The maximum atomic E-state index is 11.2. The molecule has 0 radical (unpaired) electrons. The molecule has 0 bridgehead atoms. The summed E-state index contributed by atoms with van der Waals surface area (Å²) in [6.45, 7) is 0.755. The minimum atomic E-state index is -0.153. The van der Waals surface area contributed by atoms with E-state index in [1.54, 1.807) is 0 Å². The van der Waals surface area contributed by atoms with Crippen molar-refractivity contribution in [3.05, 3.63) is 0 Å². The molecule has 0 aromatic carbocycles. The van der Waals surface area contributed by atoms with Crippen LogP contribution in [0.4, 0.5) is 0 Å². The van der Waals surface area contributed by atoms with Gasteiger partial charge in [0.2, 0.25) is 5.91 Å². The highest BCUT2D eigenvalue weighted by Gasteiger charge is 2.17. The minimum Gasteiger partial charge on any atom is -0.378 e. The van der Waals surface area contributed by atoms with Crippen LogP contribution in [0.2, 0.25) is 0 Å². The number of rotatable bonds is 2. The second kappa shape index (κ2) is 5.14. The van der Waals surface area contributed by atoms with Gasteiger partial charge in [-0.25, -0.2) is 0 Å². The molecule has 1 unspecified atom stereocenters. The van der Waals surface area contributed by atoms with Crippen LogP contribution in [0.15, 0.2) is 0 Å². The number of hydrogen-bond acceptors (Lipinski definition) is 3. The van der Waals surface area contributed by atoms with Crippen LogP contribution in [0.1, 0.15) is 25.7 Å². The number of nitrogens with two attached hydrogens (primary N) is 1. The normalized spacial score (nSPS) is 22.3. The van der Waals surface area contributed by atoms with Gasteiger partial charge in [-0.2, -0.15) is 0 Å². The van der Waals surface area contributed by atoms with E-state index < -0.39 is 0 Å². The molecule has 0 aromatic rings. The van der Waals surface area contributed by atoms with E-state index in [9.17, 15) is 4.79 Å². The minimum absolute atomic E-state index is 0.0285. The van der Waals surface area contributed by atoms with Crippen LogP contribution in [0.5, 0.6) is 0 Å². The van der Waals surface area contributed by atoms with Crippen LogP contribution in [-0.2, 0) is 9.53 Å². The maximum absolute atomic E-state index is 11.2. The average molecular weight is 202 g/mol. The molecule has 1 atom stereocenters. The lowest BCUT2D eigenvalue weighted by Crippen LogP contribution is -2.37. The SMILES string of the molecule is NC(=S)NC(=O)CC1CCCCO1. The van der Waals surface area contributed by atoms with Crippen molar-refractivity contribution in [2.45, 2.75) is 31.8 Å². The Hall–Kier alpha value is -0.680. The number of hydrogen-bond donors (Lipinski definition) is 2. The van der Waals surface area contributed by atoms with Crippen molar-refractivity contribution in [1.82, 2.24) is 5.32 Å². The zero-order chi connectivity index (χ0) is 9.68. The molecule has 1 amide bonds. The van der Waals surface area contributed by atoms with Gasteiger partial charge in [0.05, 0.1) is 12.5 Å². The molecule has 4 nitrogen and oxygen atoms in total. The fourth-order valence-corrected chi connectivity index (χ4v) is 1.48. The first-order valence-corrected chi connectivity index (χ1v) is 4.80. The fourth-order valence-electron chi connectivity index (χ4n) is 1.36. The summed E-state index contributed by atoms with van der Waals surface area (Å²) in [5, 5.41) is 2.41. The van der Waals surface area contributed by atoms with Gasteiger partial charge < -0.3 is 15.8 Å². The predicted molar refractivity (Wildman–Crippen MR) is 53.1 cm³/mol. The van der Waals surface area contributed by atoms with Crippen molar-refractivity contribution in [1.29, 1.82) is 0 Å². The molecule has 1 saturated heterocycles. The van der Waals surface area contributed by atoms with Crippen LogP contribution >= 0.6 is 12.2 Å². The van der Waals surface area contributed by atoms with E-state index in [1.807, 2.05) is 0 Å². The van der Waals surface area contributed by atoms with E-state index in [1.165, 1.54) is 0 Å². The van der Waals surface area contributed by atoms with E-state index in [0.29, 0.717) is 6.42 Å². The van der Waals surface area contributed by atoms with Gasteiger partial charge in [-0.3, -0.25) is 4.79 Å². The smallest absolute Gasteiger partial charge is 0.228 e. The summed E-state index contributed by atoms with van der Waals surface area (Å²) in [4.78, 5) is 11.2. The first-order valence-electron chi connectivity index (χ1n) is 4.39. The lowest BCUT2D eigenvalue weighted by molar-refractivity contribution is -0.123. The molecular weight excluding hydrogens is 188 g/mol. The monoisotopic (exact) mass is 202 g/mol. The lowest BCUT2D eigenvalue weighted by atomic mass is 10.1. The highest BCUT2D eigenvalue weighted by molar-refractivity contribution is 7.80. The molecular formula is C8H14N2O2S. The third-order valence-electron chi connectivity index (χ3n) is 1.95. The maximum Gasteiger partial charge on any atom is 0.228 e. The van der Waals surface area contributed by atoms with Gasteiger partial charge in [0.15, 0.2) is 5.11 Å². The molecule has 74 valence electrons. The molecule has 1 rings (SSSR count). The Balaban J connectivity index is 2.22. The van der Waals surface area contributed by atoms with Crippen molar-refractivity contribution < 1.29 is 9.53 Å². The van der Waals surface area contributed by atoms with Gasteiger partial charge in [0, 0.05) is 6.61 Å². The number of carbonyl (C=O) groups excluding carboxylic acids is 1. The van der Waals surface area contributed by atoms with Crippen LogP contribution in [-0.4, -0.2) is 23.7 Å². The highest BCUT2D eigenvalue weighted by Crippen LogP contribution is 2.15. The molecule has 5 heteroatoms. The van der Waals surface area contributed by atoms with E-state index in [4.69, 9.17) is 10.5 Å². The van der Waals surface area contributed by atoms with Crippen molar-refractivity contribution in [3.63, 3.8) is 0 Å². The third-order valence-corrected chi connectivity index (χ3v) is 2.05. The van der Waals surface area contributed by atoms with Crippen molar-refractivity contribution in [2.24, 2.45) is 5.73 Å². The summed E-state index contributed by atoms with van der Waals surface area (Å²) >= 11 is 4.54. The Kier molecular flexibility index (Phi) is 4.11. The van der Waals surface area contributed by atoms with E-state index in [0.717, 1.165) is 25.9 Å². The summed E-state index contributed by atoms with van der Waals surface area (Å²) in [7, 11) is 0. The number of carbonyl (C=O) groups is 1. The quantitative estimate of drug-likeness (QED) is 0.632. The van der Waals surface area contributed by atoms with E-state index in [-0.39, 0.29) is 17.1 Å². The molecule has 1 fully saturated rings. The van der Waals surface area contributed by atoms with Crippen LogP contribution < -0.4 is 11.1 Å². The Bertz CT molecular complexity index is 202. The summed E-state index contributed by atoms with van der Waals surface area (Å²) in [6.07, 6.45) is 3.57. The molecule has 1 aliphatic heterocycles. The molecule has 3 N–H and O–H groups in total. The van der Waals surface area contributed by atoms with Crippen LogP contribution in [0, 0.1) is 0 Å². The number of thiocarbonyl (C=S) groups is 1. The van der Waals surface area contributed by atoms with Crippen molar-refractivity contribution in [3.8, 4) is 0 Å². The van der Waals surface area contributed by atoms with E-state index in [2.05, 4.69) is 17.5 Å². The summed E-state index contributed by atoms with van der Waals surface area (Å²) in [6, 6.07) is 0. The average Bonchev–Trinajstić information content (AvgIpc) is 2.04. The van der Waals surface area contributed by atoms with Gasteiger partial charge in [0.1, 0.15) is 0 Å². The van der Waals surface area contributed by atoms with Gasteiger partial charge in [-0.15, -0.1) is 0 Å². The zero-order valence-corrected chi connectivity index (χ0v) is 8.23. The standard InChI is InChI=1S/C8H14N2O2S/c9-8(13)10-7(11)5-6-3-1-2-4-12-6/h6H,1-5H2,(H3,9,10,11,13). The second-order valence-electron chi connectivity index (χ2n) is 3.11. The largest absolute Gasteiger partial charge is 0.378 e. The van der Waals surface area contributed by atoms with E-state index >= 15 is 0 Å². The lowest BCUT2D eigenvalue weighted by Gasteiger charge is -2.21. The molecule has 1 aliphatic rings. The molecule has 0 aliphatic carbocycles. The Morgan fingerprint density at radius 1 is 1.62 bits per heavy atom. The summed E-state index contributed by atoms with van der Waals surface area (Å²) < 4.78 is 5.39. The Labute approximate surface area is 82.8 Å². The van der Waals surface area contributed by atoms with Crippen LogP contribution in [0.25, 0.3) is 0 Å². The highest BCUT2D eigenvalue weighted by atomic mass is 32.1. The summed E-state index contributed by atoms with van der Waals surface area (Å²) in [5.41, 5.74) is 5.16. The van der Waals surface area contributed by atoms with Gasteiger partial charge in [0.25, 0.3) is 0 Å².